The lowest BCUT2D eigenvalue weighted by molar-refractivity contribution is 0.380. The molecule has 1 aliphatic heterocycles. The van der Waals surface area contributed by atoms with Crippen molar-refractivity contribution in [3.05, 3.63) is 24.2 Å². The highest BCUT2D eigenvalue weighted by Gasteiger charge is 2.18. The van der Waals surface area contributed by atoms with Gasteiger partial charge < -0.3 is 9.73 Å². The molecule has 0 aromatic carbocycles. The molecule has 0 bridgehead atoms. The lowest BCUT2D eigenvalue weighted by atomic mass is 10.0. The first-order valence-electron chi connectivity index (χ1n) is 3.22. The van der Waals surface area contributed by atoms with Crippen LogP contribution in [0.25, 0.3) is 0 Å². The van der Waals surface area contributed by atoms with Crippen LogP contribution in [0.1, 0.15) is 18.0 Å². The molecule has 1 aromatic rings. The van der Waals surface area contributed by atoms with Crippen molar-refractivity contribution in [2.45, 2.75) is 12.5 Å². The Balaban J connectivity index is 2.14. The van der Waals surface area contributed by atoms with Crippen LogP contribution in [0.15, 0.2) is 23.0 Å². The van der Waals surface area contributed by atoms with E-state index in [1.807, 2.05) is 6.07 Å². The molecular weight excluding hydrogens is 114 g/mol. The van der Waals surface area contributed by atoms with Gasteiger partial charge in [0.2, 0.25) is 0 Å². The topological polar surface area (TPSA) is 25.2 Å². The highest BCUT2D eigenvalue weighted by atomic mass is 16.3. The molecule has 1 fully saturated rings. The van der Waals surface area contributed by atoms with E-state index in [0.717, 1.165) is 6.54 Å². The van der Waals surface area contributed by atoms with E-state index in [-0.39, 0.29) is 0 Å². The van der Waals surface area contributed by atoms with Gasteiger partial charge in [0.25, 0.3) is 0 Å². The van der Waals surface area contributed by atoms with Crippen LogP contribution in [0.4, 0.5) is 0 Å². The summed E-state index contributed by atoms with van der Waals surface area (Å²) in [6.45, 7) is 1.15. The van der Waals surface area contributed by atoms with E-state index in [0.29, 0.717) is 6.04 Å². The van der Waals surface area contributed by atoms with Crippen LogP contribution in [-0.4, -0.2) is 6.54 Å². The maximum absolute atomic E-state index is 4.93. The fourth-order valence-corrected chi connectivity index (χ4v) is 1.05. The van der Waals surface area contributed by atoms with Gasteiger partial charge in [-0.1, -0.05) is 0 Å². The summed E-state index contributed by atoms with van der Waals surface area (Å²) in [7, 11) is 0. The van der Waals surface area contributed by atoms with Gasteiger partial charge in [-0.2, -0.15) is 0 Å². The van der Waals surface area contributed by atoms with Crippen LogP contribution in [0.3, 0.4) is 0 Å². The molecule has 1 saturated heterocycles. The molecular formula is C7H9NO. The molecule has 2 heteroatoms. The second kappa shape index (κ2) is 1.88. The predicted molar refractivity (Wildman–Crippen MR) is 34.1 cm³/mol. The lowest BCUT2D eigenvalue weighted by Crippen LogP contribution is -2.34. The molecule has 2 heterocycles. The molecule has 0 spiro atoms. The van der Waals surface area contributed by atoms with E-state index in [9.17, 15) is 0 Å². The normalized spacial score (nSPS) is 25.6. The summed E-state index contributed by atoms with van der Waals surface area (Å²) in [4.78, 5) is 0. The molecule has 0 radical (unpaired) electrons. The first-order valence-corrected chi connectivity index (χ1v) is 3.22. The molecule has 1 unspecified atom stereocenters. The highest BCUT2D eigenvalue weighted by molar-refractivity contribution is 5.13. The summed E-state index contributed by atoms with van der Waals surface area (Å²) in [6.07, 6.45) is 4.77. The fourth-order valence-electron chi connectivity index (χ4n) is 1.05. The summed E-state index contributed by atoms with van der Waals surface area (Å²) >= 11 is 0. The monoisotopic (exact) mass is 123 g/mol. The van der Waals surface area contributed by atoms with Crippen LogP contribution in [0, 0.1) is 0 Å². The zero-order chi connectivity index (χ0) is 6.10. The molecule has 1 N–H and O–H groups in total. The van der Waals surface area contributed by atoms with Gasteiger partial charge in [-0.15, -0.1) is 0 Å². The number of furan rings is 1. The van der Waals surface area contributed by atoms with E-state index in [1.54, 1.807) is 12.5 Å². The molecule has 2 rings (SSSR count). The number of rotatable bonds is 1. The van der Waals surface area contributed by atoms with Crippen molar-refractivity contribution in [2.24, 2.45) is 0 Å². The van der Waals surface area contributed by atoms with E-state index in [1.165, 1.54) is 12.0 Å². The number of nitrogens with one attached hydrogen (secondary N) is 1. The van der Waals surface area contributed by atoms with Crippen LogP contribution >= 0.6 is 0 Å². The quantitative estimate of drug-likeness (QED) is 0.609. The van der Waals surface area contributed by atoms with Crippen LogP contribution in [-0.2, 0) is 0 Å². The molecule has 1 aromatic heterocycles. The Morgan fingerprint density at radius 1 is 1.67 bits per heavy atom. The summed E-state index contributed by atoms with van der Waals surface area (Å²) in [5.41, 5.74) is 1.28. The third-order valence-corrected chi connectivity index (χ3v) is 1.77. The smallest absolute Gasteiger partial charge is 0.0950 e. The summed E-state index contributed by atoms with van der Waals surface area (Å²) in [5.74, 6) is 0. The van der Waals surface area contributed by atoms with E-state index < -0.39 is 0 Å². The Labute approximate surface area is 53.9 Å². The van der Waals surface area contributed by atoms with Crippen LogP contribution in [0.2, 0.25) is 0 Å². The average Bonchev–Trinajstić information content (AvgIpc) is 2.11. The van der Waals surface area contributed by atoms with E-state index in [2.05, 4.69) is 5.32 Å². The van der Waals surface area contributed by atoms with Gasteiger partial charge in [0, 0.05) is 11.6 Å². The zero-order valence-electron chi connectivity index (χ0n) is 5.13. The third-order valence-electron chi connectivity index (χ3n) is 1.77. The Hall–Kier alpha value is -0.760. The summed E-state index contributed by atoms with van der Waals surface area (Å²) in [6, 6.07) is 2.58. The molecule has 1 atom stereocenters. The molecule has 0 amide bonds. The van der Waals surface area contributed by atoms with Crippen molar-refractivity contribution in [3.8, 4) is 0 Å². The first kappa shape index (κ1) is 5.06. The molecule has 0 aliphatic carbocycles. The van der Waals surface area contributed by atoms with Crippen molar-refractivity contribution in [2.75, 3.05) is 6.54 Å². The Kier molecular flexibility index (Phi) is 1.06. The Morgan fingerprint density at radius 3 is 3.00 bits per heavy atom. The Bertz CT molecular complexity index is 177. The van der Waals surface area contributed by atoms with Crippen LogP contribution in [0.5, 0.6) is 0 Å². The largest absolute Gasteiger partial charge is 0.472 e. The van der Waals surface area contributed by atoms with Gasteiger partial charge in [-0.25, -0.2) is 0 Å². The SMILES string of the molecule is c1cc(C2CCN2)co1. The molecule has 9 heavy (non-hydrogen) atoms. The van der Waals surface area contributed by atoms with Crippen LogP contribution < -0.4 is 5.32 Å². The van der Waals surface area contributed by atoms with Gasteiger partial charge in [0.15, 0.2) is 0 Å². The molecule has 0 saturated carbocycles. The van der Waals surface area contributed by atoms with Gasteiger partial charge in [-0.3, -0.25) is 0 Å². The second-order valence-electron chi connectivity index (χ2n) is 2.35. The predicted octanol–water partition coefficient (Wildman–Crippen LogP) is 1.31. The minimum Gasteiger partial charge on any atom is -0.472 e. The van der Waals surface area contributed by atoms with E-state index >= 15 is 0 Å². The van der Waals surface area contributed by atoms with Crippen molar-refractivity contribution in [3.63, 3.8) is 0 Å². The maximum atomic E-state index is 4.93. The van der Waals surface area contributed by atoms with E-state index in [4.69, 9.17) is 4.42 Å². The highest BCUT2D eigenvalue weighted by Crippen LogP contribution is 2.22. The third kappa shape index (κ3) is 0.754. The van der Waals surface area contributed by atoms with Crippen molar-refractivity contribution >= 4 is 0 Å². The molecule has 1 aliphatic rings. The first-order chi connectivity index (χ1) is 4.47. The summed E-state index contributed by atoms with van der Waals surface area (Å²) < 4.78 is 4.93. The van der Waals surface area contributed by atoms with Gasteiger partial charge in [0.05, 0.1) is 12.5 Å². The number of hydrogen-bond acceptors (Lipinski definition) is 2. The van der Waals surface area contributed by atoms with Crippen molar-refractivity contribution < 1.29 is 4.42 Å². The second-order valence-corrected chi connectivity index (χ2v) is 2.35. The average molecular weight is 123 g/mol. The lowest BCUT2D eigenvalue weighted by Gasteiger charge is -2.26. The maximum Gasteiger partial charge on any atom is 0.0950 e. The summed E-state index contributed by atoms with van der Waals surface area (Å²) in [5, 5.41) is 3.29. The van der Waals surface area contributed by atoms with Gasteiger partial charge in [-0.05, 0) is 19.0 Å². The van der Waals surface area contributed by atoms with Crippen molar-refractivity contribution in [1.29, 1.82) is 0 Å². The van der Waals surface area contributed by atoms with Gasteiger partial charge in [0.1, 0.15) is 0 Å². The molecule has 2 nitrogen and oxygen atoms in total. The number of hydrogen-bond donors (Lipinski definition) is 1. The van der Waals surface area contributed by atoms with Gasteiger partial charge >= 0.3 is 0 Å². The van der Waals surface area contributed by atoms with Crippen molar-refractivity contribution in [1.82, 2.24) is 5.32 Å². The minimum absolute atomic E-state index is 0.573. The molecule has 48 valence electrons. The zero-order valence-corrected chi connectivity index (χ0v) is 5.13. The Morgan fingerprint density at radius 2 is 2.56 bits per heavy atom. The minimum atomic E-state index is 0.573. The fraction of sp³-hybridized carbons (Fsp3) is 0.429. The standard InChI is InChI=1S/C7H9NO/c1-3-8-7(1)6-2-4-9-5-6/h2,4-5,7-8H,1,3H2.